The zero-order valence-corrected chi connectivity index (χ0v) is 17.6. The second-order valence-corrected chi connectivity index (χ2v) is 7.78. The fourth-order valence-corrected chi connectivity index (χ4v) is 4.13. The van der Waals surface area contributed by atoms with Gasteiger partial charge < -0.3 is 15.4 Å². The molecule has 1 aliphatic rings. The number of pyridine rings is 1. The number of hydrogen-bond acceptors (Lipinski definition) is 7. The van der Waals surface area contributed by atoms with Crippen molar-refractivity contribution in [2.24, 2.45) is 0 Å². The SMILES string of the molecule is COc1cc(-n2nc(C)cc2C)c2c(=O)[nH]c(N3CCc4nc(N)ccc4C3)nc2c1. The molecule has 3 aromatic heterocycles. The van der Waals surface area contributed by atoms with Crippen LogP contribution in [0.15, 0.2) is 35.1 Å². The number of ether oxygens (including phenoxy) is 1. The third kappa shape index (κ3) is 3.27. The summed E-state index contributed by atoms with van der Waals surface area (Å²) in [5.41, 5.74) is 10.7. The van der Waals surface area contributed by atoms with Crippen molar-refractivity contribution < 1.29 is 4.74 Å². The molecule has 0 amide bonds. The highest BCUT2D eigenvalue weighted by atomic mass is 16.5. The van der Waals surface area contributed by atoms with Gasteiger partial charge in [0.2, 0.25) is 5.95 Å². The van der Waals surface area contributed by atoms with Gasteiger partial charge in [-0.05, 0) is 31.5 Å². The van der Waals surface area contributed by atoms with Crippen molar-refractivity contribution in [2.45, 2.75) is 26.8 Å². The minimum Gasteiger partial charge on any atom is -0.497 e. The van der Waals surface area contributed by atoms with Gasteiger partial charge in [-0.3, -0.25) is 9.78 Å². The van der Waals surface area contributed by atoms with E-state index in [1.54, 1.807) is 23.9 Å². The van der Waals surface area contributed by atoms with Crippen LogP contribution in [0.4, 0.5) is 11.8 Å². The fourth-order valence-electron chi connectivity index (χ4n) is 4.13. The summed E-state index contributed by atoms with van der Waals surface area (Å²) >= 11 is 0. The first-order valence-electron chi connectivity index (χ1n) is 10.1. The molecule has 0 spiro atoms. The molecule has 1 aliphatic heterocycles. The zero-order valence-electron chi connectivity index (χ0n) is 17.6. The van der Waals surface area contributed by atoms with Crippen LogP contribution in [0.2, 0.25) is 0 Å². The molecule has 0 radical (unpaired) electrons. The van der Waals surface area contributed by atoms with Crippen LogP contribution in [0.25, 0.3) is 16.6 Å². The summed E-state index contributed by atoms with van der Waals surface area (Å²) in [7, 11) is 1.60. The largest absolute Gasteiger partial charge is 0.497 e. The van der Waals surface area contributed by atoms with Gasteiger partial charge in [0.15, 0.2) is 0 Å². The highest BCUT2D eigenvalue weighted by molar-refractivity contribution is 5.88. The summed E-state index contributed by atoms with van der Waals surface area (Å²) < 4.78 is 7.24. The molecule has 0 atom stereocenters. The third-order valence-electron chi connectivity index (χ3n) is 5.59. The van der Waals surface area contributed by atoms with E-state index in [0.717, 1.165) is 29.1 Å². The minimum absolute atomic E-state index is 0.216. The van der Waals surface area contributed by atoms with Crippen LogP contribution in [0.5, 0.6) is 5.75 Å². The number of nitrogen functional groups attached to an aromatic ring is 1. The molecule has 4 heterocycles. The van der Waals surface area contributed by atoms with Crippen molar-refractivity contribution in [3.05, 3.63) is 63.3 Å². The highest BCUT2D eigenvalue weighted by Crippen LogP contribution is 2.28. The van der Waals surface area contributed by atoms with Crippen molar-refractivity contribution in [1.29, 1.82) is 0 Å². The summed E-state index contributed by atoms with van der Waals surface area (Å²) in [4.78, 5) is 27.4. The molecule has 9 nitrogen and oxygen atoms in total. The van der Waals surface area contributed by atoms with Gasteiger partial charge in [0.05, 0.1) is 29.4 Å². The Morgan fingerprint density at radius 3 is 2.74 bits per heavy atom. The molecule has 31 heavy (non-hydrogen) atoms. The number of hydrogen-bond donors (Lipinski definition) is 2. The number of nitrogens with two attached hydrogens (primary N) is 1. The number of nitrogens with zero attached hydrogens (tertiary/aromatic N) is 5. The third-order valence-corrected chi connectivity index (χ3v) is 5.59. The number of rotatable bonds is 3. The number of aromatic amines is 1. The number of fused-ring (bicyclic) bond motifs is 2. The molecule has 0 bridgehead atoms. The molecule has 1 aromatic carbocycles. The van der Waals surface area contributed by atoms with Gasteiger partial charge in [-0.2, -0.15) is 5.10 Å². The number of H-pyrrole nitrogens is 1. The Morgan fingerprint density at radius 2 is 2.00 bits per heavy atom. The molecule has 158 valence electrons. The Labute approximate surface area is 178 Å². The van der Waals surface area contributed by atoms with E-state index in [-0.39, 0.29) is 5.56 Å². The Kier molecular flexibility index (Phi) is 4.39. The number of aromatic nitrogens is 5. The normalized spacial score (nSPS) is 13.5. The van der Waals surface area contributed by atoms with Gasteiger partial charge in [0.25, 0.3) is 5.56 Å². The lowest BCUT2D eigenvalue weighted by Gasteiger charge is -2.28. The van der Waals surface area contributed by atoms with E-state index in [0.29, 0.717) is 47.2 Å². The highest BCUT2D eigenvalue weighted by Gasteiger charge is 2.22. The molecule has 0 aliphatic carbocycles. The van der Waals surface area contributed by atoms with Crippen LogP contribution in [-0.2, 0) is 13.0 Å². The smallest absolute Gasteiger partial charge is 0.262 e. The molecule has 0 saturated heterocycles. The number of methoxy groups -OCH3 is 1. The topological polar surface area (TPSA) is 115 Å². The standard InChI is InChI=1S/C22H23N7O2/c1-12-8-13(2)29(27-12)18-10-15(31-3)9-17-20(18)21(30)26-22(25-17)28-7-6-16-14(11-28)4-5-19(23)24-16/h4-5,8-10H,6-7,11H2,1-3H3,(H2,23,24)(H,25,26,30). The van der Waals surface area contributed by atoms with Crippen molar-refractivity contribution in [2.75, 3.05) is 24.3 Å². The van der Waals surface area contributed by atoms with Gasteiger partial charge >= 0.3 is 0 Å². The first-order chi connectivity index (χ1) is 14.9. The molecule has 0 unspecified atom stereocenters. The fraction of sp³-hybridized carbons (Fsp3) is 0.273. The Morgan fingerprint density at radius 1 is 1.16 bits per heavy atom. The lowest BCUT2D eigenvalue weighted by atomic mass is 10.1. The predicted octanol–water partition coefficient (Wildman–Crippen LogP) is 2.27. The minimum atomic E-state index is -0.216. The summed E-state index contributed by atoms with van der Waals surface area (Å²) in [5.74, 6) is 1.66. The van der Waals surface area contributed by atoms with Crippen LogP contribution >= 0.6 is 0 Å². The molecule has 9 heteroatoms. The molecule has 0 fully saturated rings. The summed E-state index contributed by atoms with van der Waals surface area (Å²) in [6.07, 6.45) is 0.733. The zero-order chi connectivity index (χ0) is 21.7. The lowest BCUT2D eigenvalue weighted by Crippen LogP contribution is -2.33. The first-order valence-corrected chi connectivity index (χ1v) is 10.1. The number of anilines is 2. The average molecular weight is 417 g/mol. The molecule has 0 saturated carbocycles. The Hall–Kier alpha value is -3.88. The molecule has 4 aromatic rings. The Bertz CT molecular complexity index is 1370. The summed E-state index contributed by atoms with van der Waals surface area (Å²) in [6, 6.07) is 9.33. The first kappa shape index (κ1) is 19.1. The number of benzene rings is 1. The molecular weight excluding hydrogens is 394 g/mol. The second kappa shape index (κ2) is 7.12. The molecule has 3 N–H and O–H groups in total. The van der Waals surface area contributed by atoms with Crippen LogP contribution in [0, 0.1) is 13.8 Å². The molecular formula is C22H23N7O2. The number of nitrogens with one attached hydrogen (secondary N) is 1. The predicted molar refractivity (Wildman–Crippen MR) is 119 cm³/mol. The summed E-state index contributed by atoms with van der Waals surface area (Å²) in [6.45, 7) is 5.16. The quantitative estimate of drug-likeness (QED) is 0.525. The van der Waals surface area contributed by atoms with Crippen LogP contribution in [-0.4, -0.2) is 38.4 Å². The van der Waals surface area contributed by atoms with Crippen molar-refractivity contribution in [1.82, 2.24) is 24.7 Å². The van der Waals surface area contributed by atoms with E-state index >= 15 is 0 Å². The van der Waals surface area contributed by atoms with Crippen molar-refractivity contribution >= 4 is 22.7 Å². The van der Waals surface area contributed by atoms with Gasteiger partial charge in [0, 0.05) is 43.0 Å². The van der Waals surface area contributed by atoms with E-state index in [4.69, 9.17) is 15.5 Å². The van der Waals surface area contributed by atoms with Crippen LogP contribution < -0.4 is 20.9 Å². The second-order valence-electron chi connectivity index (χ2n) is 7.78. The maximum atomic E-state index is 13.2. The van der Waals surface area contributed by atoms with Crippen LogP contribution in [0.3, 0.4) is 0 Å². The Balaban J connectivity index is 1.64. The van der Waals surface area contributed by atoms with Gasteiger partial charge in [-0.15, -0.1) is 0 Å². The molecule has 5 rings (SSSR count). The van der Waals surface area contributed by atoms with E-state index < -0.39 is 0 Å². The lowest BCUT2D eigenvalue weighted by molar-refractivity contribution is 0.415. The van der Waals surface area contributed by atoms with Crippen molar-refractivity contribution in [3.8, 4) is 11.4 Å². The summed E-state index contributed by atoms with van der Waals surface area (Å²) in [5, 5.41) is 5.02. The van der Waals surface area contributed by atoms with E-state index in [9.17, 15) is 4.79 Å². The van der Waals surface area contributed by atoms with E-state index in [1.165, 1.54) is 0 Å². The van der Waals surface area contributed by atoms with Gasteiger partial charge in [0.1, 0.15) is 11.6 Å². The van der Waals surface area contributed by atoms with E-state index in [2.05, 4.69) is 15.1 Å². The number of aryl methyl sites for hydroxylation is 2. The van der Waals surface area contributed by atoms with E-state index in [1.807, 2.05) is 36.9 Å². The monoisotopic (exact) mass is 417 g/mol. The van der Waals surface area contributed by atoms with Crippen molar-refractivity contribution in [3.63, 3.8) is 0 Å². The van der Waals surface area contributed by atoms with Crippen LogP contribution in [0.1, 0.15) is 22.6 Å². The maximum absolute atomic E-state index is 13.2. The maximum Gasteiger partial charge on any atom is 0.262 e. The van der Waals surface area contributed by atoms with Gasteiger partial charge in [-0.1, -0.05) is 6.07 Å². The average Bonchev–Trinajstić information content (AvgIpc) is 3.10. The van der Waals surface area contributed by atoms with Gasteiger partial charge in [-0.25, -0.2) is 14.6 Å².